The highest BCUT2D eigenvalue weighted by Crippen LogP contribution is 2.40. The molecule has 1 atom stereocenters. The number of aliphatic hydroxyl groups excluding tert-OH is 1. The molecule has 2 fully saturated rings. The summed E-state index contributed by atoms with van der Waals surface area (Å²) in [4.78, 5) is 20.6. The molecular formula is C18H30N4O2. The Hall–Kier alpha value is -1.40. The molecule has 0 aliphatic carbocycles. The smallest absolute Gasteiger partial charge is 0.222 e. The molecule has 1 amide bonds. The van der Waals surface area contributed by atoms with Crippen molar-refractivity contribution in [1.82, 2.24) is 19.4 Å². The first kappa shape index (κ1) is 17.4. The lowest BCUT2D eigenvalue weighted by atomic mass is 9.72. The Morgan fingerprint density at radius 3 is 2.75 bits per heavy atom. The molecule has 2 saturated heterocycles. The number of hydrogen-bond acceptors (Lipinski definition) is 4. The number of aliphatic hydroxyl groups is 1. The van der Waals surface area contributed by atoms with Crippen molar-refractivity contribution in [2.45, 2.75) is 51.7 Å². The molecule has 1 N–H and O–H groups in total. The van der Waals surface area contributed by atoms with E-state index in [0.717, 1.165) is 45.6 Å². The predicted octanol–water partition coefficient (Wildman–Crippen LogP) is 1.36. The van der Waals surface area contributed by atoms with Crippen LogP contribution in [0.1, 0.15) is 39.0 Å². The fourth-order valence-electron chi connectivity index (χ4n) is 4.14. The second-order valence-corrected chi connectivity index (χ2v) is 7.62. The van der Waals surface area contributed by atoms with Gasteiger partial charge in [0.05, 0.1) is 12.4 Å². The maximum Gasteiger partial charge on any atom is 0.222 e. The third-order valence-corrected chi connectivity index (χ3v) is 5.60. The van der Waals surface area contributed by atoms with Gasteiger partial charge < -0.3 is 19.5 Å². The van der Waals surface area contributed by atoms with Gasteiger partial charge in [-0.05, 0) is 57.7 Å². The van der Waals surface area contributed by atoms with Gasteiger partial charge in [-0.15, -0.1) is 0 Å². The van der Waals surface area contributed by atoms with Gasteiger partial charge in [-0.2, -0.15) is 0 Å². The first-order chi connectivity index (χ1) is 11.6. The summed E-state index contributed by atoms with van der Waals surface area (Å²) < 4.78 is 2.13. The first-order valence-electron chi connectivity index (χ1n) is 9.20. The van der Waals surface area contributed by atoms with Gasteiger partial charge >= 0.3 is 0 Å². The fraction of sp³-hybridized carbons (Fsp3) is 0.778. The van der Waals surface area contributed by atoms with Gasteiger partial charge in [-0.1, -0.05) is 0 Å². The van der Waals surface area contributed by atoms with Crippen molar-refractivity contribution in [3.05, 3.63) is 18.7 Å². The topological polar surface area (TPSA) is 61.6 Å². The first-order valence-corrected chi connectivity index (χ1v) is 9.20. The number of rotatable bonds is 6. The molecular weight excluding hydrogens is 304 g/mol. The number of piperidine rings is 2. The monoisotopic (exact) mass is 334 g/mol. The number of likely N-dealkylation sites (tertiary alicyclic amines) is 2. The van der Waals surface area contributed by atoms with E-state index in [1.165, 1.54) is 12.8 Å². The summed E-state index contributed by atoms with van der Waals surface area (Å²) in [5.41, 5.74) is 0.281. The maximum atomic E-state index is 12.1. The van der Waals surface area contributed by atoms with Gasteiger partial charge in [0.2, 0.25) is 5.91 Å². The van der Waals surface area contributed by atoms with Gasteiger partial charge in [0, 0.05) is 38.4 Å². The van der Waals surface area contributed by atoms with Crippen molar-refractivity contribution >= 4 is 5.91 Å². The van der Waals surface area contributed by atoms with E-state index in [2.05, 4.69) is 14.5 Å². The van der Waals surface area contributed by atoms with E-state index < -0.39 is 6.10 Å². The summed E-state index contributed by atoms with van der Waals surface area (Å²) in [6.07, 6.45) is 10.4. The van der Waals surface area contributed by atoms with Crippen LogP contribution in [0.4, 0.5) is 0 Å². The summed E-state index contributed by atoms with van der Waals surface area (Å²) in [7, 11) is 0. The number of amides is 1. The zero-order chi connectivity index (χ0) is 17.0. The molecule has 3 rings (SSSR count). The number of β-amino-alcohol motifs (C(OH)–C–C–N with tert-alkyl or cyclic N) is 1. The third kappa shape index (κ3) is 4.36. The van der Waals surface area contributed by atoms with Crippen LogP contribution in [-0.2, 0) is 11.3 Å². The molecule has 0 saturated carbocycles. The average Bonchev–Trinajstić information content (AvgIpc) is 3.06. The number of imidazole rings is 1. The highest BCUT2D eigenvalue weighted by molar-refractivity contribution is 5.77. The standard InChI is InChI=1S/C18H30N4O2/c1-16(23)13-22-14-18(4-3-17(22)24)5-10-20(11-6-18)8-2-9-21-12-7-19-15-21/h7,12,15-16,23H,2-6,8-11,13-14H2,1H3. The quantitative estimate of drug-likeness (QED) is 0.853. The molecule has 2 aliphatic heterocycles. The van der Waals surface area contributed by atoms with Gasteiger partial charge in [-0.3, -0.25) is 4.79 Å². The molecule has 24 heavy (non-hydrogen) atoms. The summed E-state index contributed by atoms with van der Waals surface area (Å²) in [6, 6.07) is 0. The van der Waals surface area contributed by atoms with Crippen LogP contribution in [0.15, 0.2) is 18.7 Å². The number of nitrogens with zero attached hydrogens (tertiary/aromatic N) is 4. The normalized spacial score (nSPS) is 22.9. The van der Waals surface area contributed by atoms with Gasteiger partial charge in [0.1, 0.15) is 0 Å². The number of aromatic nitrogens is 2. The van der Waals surface area contributed by atoms with Crippen LogP contribution in [0.5, 0.6) is 0 Å². The Kier molecular flexibility index (Phi) is 5.56. The molecule has 6 nitrogen and oxygen atoms in total. The van der Waals surface area contributed by atoms with Crippen LogP contribution in [0.3, 0.4) is 0 Å². The minimum atomic E-state index is -0.438. The Labute approximate surface area is 144 Å². The lowest BCUT2D eigenvalue weighted by Crippen LogP contribution is -2.52. The van der Waals surface area contributed by atoms with Crippen molar-refractivity contribution in [1.29, 1.82) is 0 Å². The molecule has 1 aromatic heterocycles. The Morgan fingerprint density at radius 1 is 1.29 bits per heavy atom. The average molecular weight is 334 g/mol. The van der Waals surface area contributed by atoms with Crippen molar-refractivity contribution in [2.75, 3.05) is 32.7 Å². The summed E-state index contributed by atoms with van der Waals surface area (Å²) in [5.74, 6) is 0.212. The summed E-state index contributed by atoms with van der Waals surface area (Å²) in [5, 5.41) is 9.62. The predicted molar refractivity (Wildman–Crippen MR) is 92.4 cm³/mol. The lowest BCUT2D eigenvalue weighted by Gasteiger charge is -2.47. The van der Waals surface area contributed by atoms with Gasteiger partial charge in [0.15, 0.2) is 0 Å². The second kappa shape index (κ2) is 7.66. The summed E-state index contributed by atoms with van der Waals surface area (Å²) in [6.45, 7) is 7.48. The van der Waals surface area contributed by atoms with E-state index in [9.17, 15) is 9.90 Å². The highest BCUT2D eigenvalue weighted by Gasteiger charge is 2.40. The van der Waals surface area contributed by atoms with E-state index in [4.69, 9.17) is 0 Å². The van der Waals surface area contributed by atoms with Crippen LogP contribution >= 0.6 is 0 Å². The van der Waals surface area contributed by atoms with E-state index in [1.54, 1.807) is 6.92 Å². The second-order valence-electron chi connectivity index (χ2n) is 7.62. The molecule has 6 heteroatoms. The third-order valence-electron chi connectivity index (χ3n) is 5.60. The van der Waals surface area contributed by atoms with Crippen molar-refractivity contribution in [3.63, 3.8) is 0 Å². The van der Waals surface area contributed by atoms with E-state index in [0.29, 0.717) is 13.0 Å². The number of carbonyl (C=O) groups is 1. The van der Waals surface area contributed by atoms with Crippen LogP contribution in [0.25, 0.3) is 0 Å². The van der Waals surface area contributed by atoms with Gasteiger partial charge in [0.25, 0.3) is 0 Å². The van der Waals surface area contributed by atoms with E-state index in [1.807, 2.05) is 23.6 Å². The zero-order valence-corrected chi connectivity index (χ0v) is 14.7. The number of aryl methyl sites for hydroxylation is 1. The molecule has 1 spiro atoms. The number of carbonyl (C=O) groups excluding carboxylic acids is 1. The lowest BCUT2D eigenvalue weighted by molar-refractivity contribution is -0.140. The Balaban J connectivity index is 1.44. The minimum absolute atomic E-state index is 0.212. The summed E-state index contributed by atoms with van der Waals surface area (Å²) >= 11 is 0. The number of hydrogen-bond donors (Lipinski definition) is 1. The van der Waals surface area contributed by atoms with Crippen LogP contribution in [0, 0.1) is 5.41 Å². The van der Waals surface area contributed by atoms with Crippen LogP contribution in [0.2, 0.25) is 0 Å². The van der Waals surface area contributed by atoms with Crippen LogP contribution in [-0.4, -0.2) is 69.2 Å². The van der Waals surface area contributed by atoms with Gasteiger partial charge in [-0.25, -0.2) is 4.98 Å². The Bertz CT molecular complexity index is 521. The highest BCUT2D eigenvalue weighted by atomic mass is 16.3. The van der Waals surface area contributed by atoms with Crippen molar-refractivity contribution < 1.29 is 9.90 Å². The van der Waals surface area contributed by atoms with E-state index >= 15 is 0 Å². The van der Waals surface area contributed by atoms with Crippen molar-refractivity contribution in [3.8, 4) is 0 Å². The fourth-order valence-corrected chi connectivity index (χ4v) is 4.14. The molecule has 134 valence electrons. The van der Waals surface area contributed by atoms with E-state index in [-0.39, 0.29) is 11.3 Å². The molecule has 0 bridgehead atoms. The molecule has 3 heterocycles. The zero-order valence-electron chi connectivity index (χ0n) is 14.7. The molecule has 1 unspecified atom stereocenters. The molecule has 1 aromatic rings. The largest absolute Gasteiger partial charge is 0.392 e. The van der Waals surface area contributed by atoms with Crippen LogP contribution < -0.4 is 0 Å². The maximum absolute atomic E-state index is 12.1. The SMILES string of the molecule is CC(O)CN1CC2(CCC1=O)CCN(CCCn1ccnc1)CC2. The molecule has 0 aromatic carbocycles. The molecule has 2 aliphatic rings. The van der Waals surface area contributed by atoms with Crippen molar-refractivity contribution in [2.24, 2.45) is 5.41 Å². The Morgan fingerprint density at radius 2 is 2.08 bits per heavy atom. The molecule has 0 radical (unpaired) electrons. The minimum Gasteiger partial charge on any atom is -0.392 e.